The Bertz CT molecular complexity index is 1760. The Balaban J connectivity index is 1.60. The third-order valence-corrected chi connectivity index (χ3v) is 9.20. The minimum Gasteiger partial charge on any atom is -0.497 e. The molecule has 0 radical (unpaired) electrons. The molecule has 2 aromatic carbocycles. The largest absolute Gasteiger partial charge is 0.497 e. The van der Waals surface area contributed by atoms with Gasteiger partial charge in [0, 0.05) is 25.4 Å². The van der Waals surface area contributed by atoms with Crippen molar-refractivity contribution in [2.45, 2.75) is 63.2 Å². The molecule has 1 amide bonds. The van der Waals surface area contributed by atoms with Crippen LogP contribution in [0.1, 0.15) is 78.5 Å². The quantitative estimate of drug-likeness (QED) is 0.222. The number of ether oxygens (including phenoxy) is 3. The fourth-order valence-electron chi connectivity index (χ4n) is 6.57. The molecule has 5 rings (SSSR count). The number of anilines is 2. The number of morpholine rings is 1. The van der Waals surface area contributed by atoms with Crippen molar-refractivity contribution in [3.05, 3.63) is 82.2 Å². The predicted molar refractivity (Wildman–Crippen MR) is 178 cm³/mol. The van der Waals surface area contributed by atoms with Crippen molar-refractivity contribution in [2.24, 2.45) is 5.73 Å². The third kappa shape index (κ3) is 8.11. The molecule has 1 aromatic heterocycles. The van der Waals surface area contributed by atoms with Gasteiger partial charge >= 0.3 is 18.2 Å². The van der Waals surface area contributed by atoms with Crippen molar-refractivity contribution in [1.29, 1.82) is 5.26 Å². The van der Waals surface area contributed by atoms with Gasteiger partial charge in [-0.3, -0.25) is 14.7 Å². The minimum absolute atomic E-state index is 0.00764. The van der Waals surface area contributed by atoms with Gasteiger partial charge < -0.3 is 30.0 Å². The first kappa shape index (κ1) is 36.4. The van der Waals surface area contributed by atoms with Crippen molar-refractivity contribution in [3.8, 4) is 11.8 Å². The van der Waals surface area contributed by atoms with E-state index in [0.29, 0.717) is 79.4 Å². The molecule has 0 bridgehead atoms. The Morgan fingerprint density at radius 2 is 1.92 bits per heavy atom. The summed E-state index contributed by atoms with van der Waals surface area (Å²) in [5.74, 6) is -0.933. The Morgan fingerprint density at radius 3 is 2.58 bits per heavy atom. The van der Waals surface area contributed by atoms with Crippen LogP contribution >= 0.6 is 0 Å². The lowest BCUT2D eigenvalue weighted by molar-refractivity contribution is -0.138. The summed E-state index contributed by atoms with van der Waals surface area (Å²) in [7, 11) is 1.52. The normalized spacial score (nSPS) is 19.0. The van der Waals surface area contributed by atoms with Gasteiger partial charge in [0.1, 0.15) is 11.4 Å². The first-order valence-corrected chi connectivity index (χ1v) is 16.4. The molecule has 2 aliphatic rings. The molecule has 0 aliphatic carbocycles. The lowest BCUT2D eigenvalue weighted by atomic mass is 9.77. The van der Waals surface area contributed by atoms with Crippen LogP contribution in [0.5, 0.6) is 5.75 Å². The Kier molecular flexibility index (Phi) is 11.2. The summed E-state index contributed by atoms with van der Waals surface area (Å²) in [6.07, 6.45) is -2.37. The molecular weight excluding hydrogens is 655 g/mol. The number of unbranched alkanes of at least 4 members (excludes halogenated alkanes) is 1. The van der Waals surface area contributed by atoms with Gasteiger partial charge in [-0.2, -0.15) is 18.4 Å². The number of pyridine rings is 1. The zero-order chi connectivity index (χ0) is 36.1. The van der Waals surface area contributed by atoms with Crippen molar-refractivity contribution in [3.63, 3.8) is 0 Å². The van der Waals surface area contributed by atoms with E-state index in [1.54, 1.807) is 24.4 Å². The van der Waals surface area contributed by atoms with Gasteiger partial charge in [-0.1, -0.05) is 6.92 Å². The lowest BCUT2D eigenvalue weighted by Crippen LogP contribution is -2.61. The van der Waals surface area contributed by atoms with Gasteiger partial charge in [0.2, 0.25) is 0 Å². The summed E-state index contributed by atoms with van der Waals surface area (Å²) < 4.78 is 58.3. The van der Waals surface area contributed by atoms with Crippen LogP contribution in [-0.2, 0) is 26.9 Å². The van der Waals surface area contributed by atoms with Crippen LogP contribution in [0.4, 0.5) is 29.3 Å². The number of aliphatic carboxylic acids is 1. The van der Waals surface area contributed by atoms with Crippen molar-refractivity contribution in [1.82, 2.24) is 4.98 Å². The van der Waals surface area contributed by atoms with Crippen molar-refractivity contribution >= 4 is 23.4 Å². The van der Waals surface area contributed by atoms with E-state index in [4.69, 9.17) is 30.0 Å². The Hall–Kier alpha value is -4.87. The third-order valence-electron chi connectivity index (χ3n) is 9.20. The number of fused-ring (bicyclic) bond motifs is 1. The highest BCUT2D eigenvalue weighted by Gasteiger charge is 2.46. The SMILES string of the molecule is CC[C@]1(N)C[C@H](c2ncc(N3CCOCC3)cc2Cc2cc(C#N)cc(C(F)(F)F)c2)c2cc(OC)ccc2N1C(=O)OCCCCC(=O)O. The first-order chi connectivity index (χ1) is 23.9. The van der Waals surface area contributed by atoms with Gasteiger partial charge in [-0.05, 0) is 91.3 Å². The van der Waals surface area contributed by atoms with Crippen LogP contribution in [0.15, 0.2) is 48.7 Å². The second-order valence-electron chi connectivity index (χ2n) is 12.5. The average Bonchev–Trinajstić information content (AvgIpc) is 3.10. The number of amides is 1. The number of hydrogen-bond acceptors (Lipinski definition) is 9. The maximum absolute atomic E-state index is 13.9. The minimum atomic E-state index is -4.65. The van der Waals surface area contributed by atoms with E-state index in [1.807, 2.05) is 19.1 Å². The standard InChI is InChI=1S/C36H40F3N5O6/c1-3-35(41)20-30(29-19-28(48-2)7-8-31(29)44(35)34(47)50-11-5-4-6-32(45)46)33-25(18-27(22-42-33)43-9-12-49-13-10-43)15-23-14-24(21-40)17-26(16-23)36(37,38)39/h7-8,14,16-19,22,30H,3-6,9-13,15,20,41H2,1-2H3,(H,45,46)/t30-,35+/m0/s1. The molecule has 11 nitrogen and oxygen atoms in total. The van der Waals surface area contributed by atoms with Gasteiger partial charge in [0.05, 0.1) is 67.4 Å². The van der Waals surface area contributed by atoms with Crippen LogP contribution in [0.3, 0.4) is 0 Å². The van der Waals surface area contributed by atoms with E-state index in [0.717, 1.165) is 17.8 Å². The highest BCUT2D eigenvalue weighted by molar-refractivity contribution is 5.91. The summed E-state index contributed by atoms with van der Waals surface area (Å²) in [6.45, 7) is 4.12. The smallest absolute Gasteiger partial charge is 0.416 e. The topological polar surface area (TPSA) is 151 Å². The lowest BCUT2D eigenvalue weighted by Gasteiger charge is -2.47. The number of hydrogen-bond donors (Lipinski definition) is 2. The molecular formula is C36H40F3N5O6. The fraction of sp³-hybridized carbons (Fsp3) is 0.444. The summed E-state index contributed by atoms with van der Waals surface area (Å²) in [5, 5.41) is 18.5. The summed E-state index contributed by atoms with van der Waals surface area (Å²) in [6, 6.07) is 12.3. The molecule has 3 aromatic rings. The molecule has 0 unspecified atom stereocenters. The maximum atomic E-state index is 13.9. The number of nitriles is 1. The summed E-state index contributed by atoms with van der Waals surface area (Å²) in [5.41, 5.74) is 8.19. The molecule has 2 atom stereocenters. The number of carbonyl (C=O) groups excluding carboxylic acids is 1. The van der Waals surface area contributed by atoms with E-state index in [9.17, 15) is 28.0 Å². The number of methoxy groups -OCH3 is 1. The van der Waals surface area contributed by atoms with E-state index in [-0.39, 0.29) is 31.4 Å². The number of nitrogens with two attached hydrogens (primary N) is 1. The van der Waals surface area contributed by atoms with Crippen molar-refractivity contribution < 1.29 is 42.1 Å². The first-order valence-electron chi connectivity index (χ1n) is 16.4. The van der Waals surface area contributed by atoms with Crippen LogP contribution in [0, 0.1) is 11.3 Å². The number of alkyl halides is 3. The summed E-state index contributed by atoms with van der Waals surface area (Å²) >= 11 is 0. The maximum Gasteiger partial charge on any atom is 0.416 e. The van der Waals surface area contributed by atoms with Gasteiger partial charge in [-0.25, -0.2) is 4.79 Å². The van der Waals surface area contributed by atoms with E-state index >= 15 is 0 Å². The second kappa shape index (κ2) is 15.3. The molecule has 266 valence electrons. The van der Waals surface area contributed by atoms with Crippen molar-refractivity contribution in [2.75, 3.05) is 49.8 Å². The fourth-order valence-corrected chi connectivity index (χ4v) is 6.57. The predicted octanol–water partition coefficient (Wildman–Crippen LogP) is 6.21. The van der Waals surface area contributed by atoms with Crippen LogP contribution in [-0.4, -0.2) is 67.8 Å². The number of carboxylic acids is 1. The molecule has 50 heavy (non-hydrogen) atoms. The highest BCUT2D eigenvalue weighted by atomic mass is 19.4. The molecule has 1 saturated heterocycles. The van der Waals surface area contributed by atoms with Gasteiger partial charge in [0.25, 0.3) is 0 Å². The number of carbonyl (C=O) groups is 2. The zero-order valence-corrected chi connectivity index (χ0v) is 28.0. The van der Waals surface area contributed by atoms with E-state index in [2.05, 4.69) is 4.90 Å². The summed E-state index contributed by atoms with van der Waals surface area (Å²) in [4.78, 5) is 33.0. The van der Waals surface area contributed by atoms with Crippen LogP contribution < -0.4 is 20.3 Å². The Labute approximate surface area is 288 Å². The average molecular weight is 696 g/mol. The van der Waals surface area contributed by atoms with Gasteiger partial charge in [0.15, 0.2) is 0 Å². The molecule has 3 N–H and O–H groups in total. The number of aromatic nitrogens is 1. The van der Waals surface area contributed by atoms with Gasteiger partial charge in [-0.15, -0.1) is 0 Å². The molecule has 0 saturated carbocycles. The molecule has 1 fully saturated rings. The molecule has 14 heteroatoms. The number of carboxylic acid groups (broad SMARTS) is 1. The molecule has 0 spiro atoms. The number of nitrogens with zero attached hydrogens (tertiary/aromatic N) is 4. The Morgan fingerprint density at radius 1 is 1.16 bits per heavy atom. The van der Waals surface area contributed by atoms with E-state index < -0.39 is 35.4 Å². The van der Waals surface area contributed by atoms with Crippen LogP contribution in [0.25, 0.3) is 0 Å². The number of rotatable bonds is 11. The van der Waals surface area contributed by atoms with E-state index in [1.165, 1.54) is 18.1 Å². The zero-order valence-electron chi connectivity index (χ0n) is 28.0. The second-order valence-corrected chi connectivity index (χ2v) is 12.5. The number of halogens is 3. The monoisotopic (exact) mass is 695 g/mol. The van der Waals surface area contributed by atoms with Crippen LogP contribution in [0.2, 0.25) is 0 Å². The number of benzene rings is 2. The highest BCUT2D eigenvalue weighted by Crippen LogP contribution is 2.48. The molecule has 3 heterocycles. The molecule has 2 aliphatic heterocycles.